The van der Waals surface area contributed by atoms with Gasteiger partial charge in [0.05, 0.1) is 24.3 Å². The second kappa shape index (κ2) is 4.53. The summed E-state index contributed by atoms with van der Waals surface area (Å²) < 4.78 is 0. The van der Waals surface area contributed by atoms with Crippen molar-refractivity contribution < 1.29 is 9.90 Å². The van der Waals surface area contributed by atoms with E-state index in [1.54, 1.807) is 5.01 Å². The minimum absolute atomic E-state index is 0.0506. The molecule has 2 unspecified atom stereocenters. The average molecular weight is 224 g/mol. The SMILES string of the molecule is CC(C)C1=NN(C2CCCCC2O)C(=O)C1. The molecule has 16 heavy (non-hydrogen) atoms. The van der Waals surface area contributed by atoms with Gasteiger partial charge in [0.1, 0.15) is 0 Å². The van der Waals surface area contributed by atoms with E-state index >= 15 is 0 Å². The Morgan fingerprint density at radius 2 is 2.06 bits per heavy atom. The maximum absolute atomic E-state index is 11.8. The molecule has 2 aliphatic rings. The second-order valence-electron chi connectivity index (χ2n) is 5.08. The first-order valence-electron chi connectivity index (χ1n) is 6.17. The molecule has 0 spiro atoms. The first-order valence-corrected chi connectivity index (χ1v) is 6.17. The third-order valence-electron chi connectivity index (χ3n) is 3.50. The summed E-state index contributed by atoms with van der Waals surface area (Å²) in [4.78, 5) is 11.8. The van der Waals surface area contributed by atoms with E-state index in [9.17, 15) is 9.90 Å². The molecule has 1 fully saturated rings. The maximum atomic E-state index is 11.8. The molecule has 2 rings (SSSR count). The minimum Gasteiger partial charge on any atom is -0.391 e. The fraction of sp³-hybridized carbons (Fsp3) is 0.833. The van der Waals surface area contributed by atoms with Crippen LogP contribution in [0.5, 0.6) is 0 Å². The van der Waals surface area contributed by atoms with Crippen molar-refractivity contribution in [3.8, 4) is 0 Å². The van der Waals surface area contributed by atoms with E-state index < -0.39 is 6.10 Å². The Labute approximate surface area is 96.3 Å². The summed E-state index contributed by atoms with van der Waals surface area (Å²) in [7, 11) is 0. The fourth-order valence-electron chi connectivity index (χ4n) is 2.42. The van der Waals surface area contributed by atoms with Gasteiger partial charge >= 0.3 is 0 Å². The first-order chi connectivity index (χ1) is 7.59. The van der Waals surface area contributed by atoms with Gasteiger partial charge in [-0.3, -0.25) is 4.79 Å². The molecule has 1 heterocycles. The third kappa shape index (κ3) is 2.12. The molecule has 0 bridgehead atoms. The quantitative estimate of drug-likeness (QED) is 0.773. The van der Waals surface area contributed by atoms with Crippen LogP contribution in [-0.2, 0) is 4.79 Å². The summed E-state index contributed by atoms with van der Waals surface area (Å²) in [5.74, 6) is 0.365. The smallest absolute Gasteiger partial charge is 0.248 e. The van der Waals surface area contributed by atoms with E-state index in [2.05, 4.69) is 5.10 Å². The summed E-state index contributed by atoms with van der Waals surface area (Å²) in [6.45, 7) is 4.10. The van der Waals surface area contributed by atoms with Crippen molar-refractivity contribution in [3.63, 3.8) is 0 Å². The normalized spacial score (nSPS) is 31.1. The van der Waals surface area contributed by atoms with Gasteiger partial charge in [0, 0.05) is 0 Å². The van der Waals surface area contributed by atoms with Crippen molar-refractivity contribution in [1.82, 2.24) is 5.01 Å². The van der Waals surface area contributed by atoms with Crippen molar-refractivity contribution in [1.29, 1.82) is 0 Å². The highest BCUT2D eigenvalue weighted by molar-refractivity contribution is 6.05. The Kier molecular flexibility index (Phi) is 3.28. The number of hydrogen-bond acceptors (Lipinski definition) is 3. The van der Waals surface area contributed by atoms with Gasteiger partial charge < -0.3 is 5.11 Å². The maximum Gasteiger partial charge on any atom is 0.248 e. The van der Waals surface area contributed by atoms with Crippen LogP contribution in [-0.4, -0.2) is 33.9 Å². The summed E-state index contributed by atoms with van der Waals surface area (Å²) >= 11 is 0. The van der Waals surface area contributed by atoms with Gasteiger partial charge in [0.25, 0.3) is 0 Å². The lowest BCUT2D eigenvalue weighted by Gasteiger charge is -2.32. The van der Waals surface area contributed by atoms with Crippen LogP contribution in [0.2, 0.25) is 0 Å². The van der Waals surface area contributed by atoms with E-state index in [4.69, 9.17) is 0 Å². The predicted octanol–water partition coefficient (Wildman–Crippen LogP) is 1.53. The van der Waals surface area contributed by atoms with Gasteiger partial charge in [-0.05, 0) is 18.8 Å². The van der Waals surface area contributed by atoms with Crippen LogP contribution < -0.4 is 0 Å². The lowest BCUT2D eigenvalue weighted by atomic mass is 9.92. The van der Waals surface area contributed by atoms with Crippen molar-refractivity contribution in [3.05, 3.63) is 0 Å². The van der Waals surface area contributed by atoms with Gasteiger partial charge in [-0.2, -0.15) is 5.10 Å². The molecule has 0 aromatic heterocycles. The highest BCUT2D eigenvalue weighted by Crippen LogP contribution is 2.27. The van der Waals surface area contributed by atoms with E-state index in [-0.39, 0.29) is 11.9 Å². The summed E-state index contributed by atoms with van der Waals surface area (Å²) in [6, 6.07) is -0.0856. The van der Waals surface area contributed by atoms with Gasteiger partial charge in [-0.1, -0.05) is 26.7 Å². The summed E-state index contributed by atoms with van der Waals surface area (Å²) in [6.07, 6.45) is 3.84. The molecule has 1 aliphatic heterocycles. The fourth-order valence-corrected chi connectivity index (χ4v) is 2.42. The monoisotopic (exact) mass is 224 g/mol. The number of carbonyl (C=O) groups is 1. The van der Waals surface area contributed by atoms with Crippen molar-refractivity contribution in [2.24, 2.45) is 11.0 Å². The molecular weight excluding hydrogens is 204 g/mol. The number of nitrogens with zero attached hydrogens (tertiary/aromatic N) is 2. The van der Waals surface area contributed by atoms with E-state index in [1.807, 2.05) is 13.8 Å². The topological polar surface area (TPSA) is 52.9 Å². The molecule has 2 atom stereocenters. The van der Waals surface area contributed by atoms with Crippen molar-refractivity contribution in [2.45, 2.75) is 58.1 Å². The second-order valence-corrected chi connectivity index (χ2v) is 5.08. The molecule has 0 saturated heterocycles. The number of aliphatic hydroxyl groups is 1. The average Bonchev–Trinajstić information content (AvgIpc) is 2.61. The lowest BCUT2D eigenvalue weighted by Crippen LogP contribution is -2.43. The molecule has 90 valence electrons. The van der Waals surface area contributed by atoms with Crippen LogP contribution >= 0.6 is 0 Å². The zero-order chi connectivity index (χ0) is 11.7. The number of rotatable bonds is 2. The van der Waals surface area contributed by atoms with Crippen molar-refractivity contribution in [2.75, 3.05) is 0 Å². The number of hydrazone groups is 1. The molecule has 0 aromatic carbocycles. The highest BCUT2D eigenvalue weighted by Gasteiger charge is 2.36. The lowest BCUT2D eigenvalue weighted by molar-refractivity contribution is -0.134. The Hall–Kier alpha value is -0.900. The number of hydrogen-bond donors (Lipinski definition) is 1. The molecular formula is C12H20N2O2. The standard InChI is InChI=1S/C12H20N2O2/c1-8(2)9-7-12(16)14(13-9)10-5-3-4-6-11(10)15/h8,10-11,15H,3-7H2,1-2H3. The van der Waals surface area contributed by atoms with Crippen LogP contribution in [0.1, 0.15) is 46.0 Å². The predicted molar refractivity (Wildman–Crippen MR) is 62.0 cm³/mol. The number of aliphatic hydroxyl groups excluding tert-OH is 1. The molecule has 1 saturated carbocycles. The van der Waals surface area contributed by atoms with Crippen LogP contribution in [0.3, 0.4) is 0 Å². The third-order valence-corrected chi connectivity index (χ3v) is 3.50. The van der Waals surface area contributed by atoms with E-state index in [1.165, 1.54) is 0 Å². The minimum atomic E-state index is -0.395. The molecule has 1 N–H and O–H groups in total. The molecule has 0 radical (unpaired) electrons. The zero-order valence-electron chi connectivity index (χ0n) is 10.0. The highest BCUT2D eigenvalue weighted by atomic mass is 16.3. The Balaban J connectivity index is 2.11. The van der Waals surface area contributed by atoms with Gasteiger partial charge in [0.15, 0.2) is 0 Å². The number of carbonyl (C=O) groups excluding carboxylic acids is 1. The van der Waals surface area contributed by atoms with Gasteiger partial charge in [0.2, 0.25) is 5.91 Å². The van der Waals surface area contributed by atoms with E-state index in [0.29, 0.717) is 12.3 Å². The Morgan fingerprint density at radius 1 is 1.38 bits per heavy atom. The first kappa shape index (κ1) is 11.6. The molecule has 1 amide bonds. The van der Waals surface area contributed by atoms with E-state index in [0.717, 1.165) is 31.4 Å². The van der Waals surface area contributed by atoms with Crippen LogP contribution in [0.15, 0.2) is 5.10 Å². The molecule has 1 aliphatic carbocycles. The Morgan fingerprint density at radius 3 is 2.62 bits per heavy atom. The molecule has 4 nitrogen and oxygen atoms in total. The number of amides is 1. The van der Waals surface area contributed by atoms with Gasteiger partial charge in [-0.15, -0.1) is 0 Å². The molecule has 0 aromatic rings. The van der Waals surface area contributed by atoms with Crippen LogP contribution in [0.25, 0.3) is 0 Å². The molecule has 4 heteroatoms. The zero-order valence-corrected chi connectivity index (χ0v) is 10.0. The van der Waals surface area contributed by atoms with Crippen LogP contribution in [0.4, 0.5) is 0 Å². The Bertz CT molecular complexity index is 312. The van der Waals surface area contributed by atoms with Crippen LogP contribution in [0, 0.1) is 5.92 Å². The largest absolute Gasteiger partial charge is 0.391 e. The van der Waals surface area contributed by atoms with Crippen molar-refractivity contribution >= 4 is 11.6 Å². The summed E-state index contributed by atoms with van der Waals surface area (Å²) in [5.41, 5.74) is 0.947. The van der Waals surface area contributed by atoms with Gasteiger partial charge in [-0.25, -0.2) is 5.01 Å². The summed E-state index contributed by atoms with van der Waals surface area (Å²) in [5, 5.41) is 15.8.